The lowest BCUT2D eigenvalue weighted by Crippen LogP contribution is -2.21. The molecule has 1 heterocycles. The number of rotatable bonds is 9. The summed E-state index contributed by atoms with van der Waals surface area (Å²) in [5.41, 5.74) is 5.79. The molecule has 7 heteroatoms. The maximum absolute atomic E-state index is 11.4. The van der Waals surface area contributed by atoms with E-state index in [2.05, 4.69) is 46.4 Å². The molecule has 1 N–H and O–H groups in total. The van der Waals surface area contributed by atoms with Crippen LogP contribution < -0.4 is 10.3 Å². The van der Waals surface area contributed by atoms with Crippen LogP contribution in [0, 0.1) is 0 Å². The van der Waals surface area contributed by atoms with Gasteiger partial charge in [0.2, 0.25) is 5.13 Å². The third-order valence-corrected chi connectivity index (χ3v) is 4.37. The number of anilines is 2. The van der Waals surface area contributed by atoms with E-state index in [9.17, 15) is 4.79 Å². The fraction of sp³-hybridized carbons (Fsp3) is 0.389. The molecule has 0 fully saturated rings. The molecule has 25 heavy (non-hydrogen) atoms. The lowest BCUT2D eigenvalue weighted by atomic mass is 10.2. The summed E-state index contributed by atoms with van der Waals surface area (Å²) in [5.74, 6) is -0.267. The average Bonchev–Trinajstić information content (AvgIpc) is 3.05. The van der Waals surface area contributed by atoms with Crippen LogP contribution in [0.2, 0.25) is 0 Å². The van der Waals surface area contributed by atoms with Crippen molar-refractivity contribution in [3.63, 3.8) is 0 Å². The number of hydrazone groups is 1. The molecule has 0 radical (unpaired) electrons. The van der Waals surface area contributed by atoms with Crippen molar-refractivity contribution in [2.75, 3.05) is 30.0 Å². The van der Waals surface area contributed by atoms with Crippen molar-refractivity contribution in [1.82, 2.24) is 4.98 Å². The van der Waals surface area contributed by atoms with Crippen LogP contribution in [0.3, 0.4) is 0 Å². The summed E-state index contributed by atoms with van der Waals surface area (Å²) >= 11 is 1.41. The molecule has 0 spiro atoms. The fourth-order valence-electron chi connectivity index (χ4n) is 2.32. The summed E-state index contributed by atoms with van der Waals surface area (Å²) in [6.45, 7) is 8.44. The van der Waals surface area contributed by atoms with Gasteiger partial charge in [0.25, 0.3) is 0 Å². The molecule has 2 aromatic rings. The summed E-state index contributed by atoms with van der Waals surface area (Å²) in [5, 5.41) is 6.67. The third-order valence-electron chi connectivity index (χ3n) is 3.58. The number of hydrogen-bond donors (Lipinski definition) is 1. The molecule has 2 rings (SSSR count). The van der Waals surface area contributed by atoms with Gasteiger partial charge in [-0.05, 0) is 38.5 Å². The number of nitrogens with one attached hydrogen (secondary N) is 1. The van der Waals surface area contributed by atoms with Gasteiger partial charge in [-0.15, -0.1) is 11.3 Å². The van der Waals surface area contributed by atoms with Gasteiger partial charge in [0, 0.05) is 24.2 Å². The highest BCUT2D eigenvalue weighted by Gasteiger charge is 2.07. The zero-order chi connectivity index (χ0) is 18.1. The van der Waals surface area contributed by atoms with E-state index < -0.39 is 0 Å². The third kappa shape index (κ3) is 5.86. The summed E-state index contributed by atoms with van der Waals surface area (Å²) in [7, 11) is 0. The lowest BCUT2D eigenvalue weighted by Gasteiger charge is -2.20. The van der Waals surface area contributed by atoms with Crippen molar-refractivity contribution < 1.29 is 9.53 Å². The van der Waals surface area contributed by atoms with Crippen LogP contribution in [0.5, 0.6) is 0 Å². The highest BCUT2D eigenvalue weighted by atomic mass is 32.1. The number of esters is 1. The van der Waals surface area contributed by atoms with Gasteiger partial charge in [0.15, 0.2) is 0 Å². The second-order valence-corrected chi connectivity index (χ2v) is 6.12. The number of thiazole rings is 1. The van der Waals surface area contributed by atoms with Gasteiger partial charge in [-0.1, -0.05) is 12.1 Å². The van der Waals surface area contributed by atoms with Crippen molar-refractivity contribution in [3.05, 3.63) is 40.9 Å². The molecule has 0 amide bonds. The Morgan fingerprint density at radius 3 is 2.64 bits per heavy atom. The van der Waals surface area contributed by atoms with Crippen LogP contribution in [-0.4, -0.2) is 36.9 Å². The van der Waals surface area contributed by atoms with E-state index in [1.807, 2.05) is 17.5 Å². The van der Waals surface area contributed by atoms with Crippen molar-refractivity contribution in [3.8, 4) is 0 Å². The smallest absolute Gasteiger partial charge is 0.311 e. The molecular formula is C18H24N4O2S. The number of hydrogen-bond acceptors (Lipinski definition) is 7. The van der Waals surface area contributed by atoms with Crippen molar-refractivity contribution in [2.45, 2.75) is 27.2 Å². The zero-order valence-corrected chi connectivity index (χ0v) is 15.7. The molecule has 6 nitrogen and oxygen atoms in total. The molecule has 1 aromatic carbocycles. The summed E-state index contributed by atoms with van der Waals surface area (Å²) in [6.07, 6.45) is 1.93. The molecule has 0 unspecified atom stereocenters. The highest BCUT2D eigenvalue weighted by molar-refractivity contribution is 7.13. The molecule has 0 aliphatic rings. The normalized spacial score (nSPS) is 10.8. The Morgan fingerprint density at radius 1 is 1.28 bits per heavy atom. The Balaban J connectivity index is 1.88. The van der Waals surface area contributed by atoms with Gasteiger partial charge in [0.05, 0.1) is 24.9 Å². The van der Waals surface area contributed by atoms with Crippen LogP contribution in [0.25, 0.3) is 0 Å². The summed E-state index contributed by atoms with van der Waals surface area (Å²) < 4.78 is 4.91. The van der Waals surface area contributed by atoms with Gasteiger partial charge >= 0.3 is 5.97 Å². The van der Waals surface area contributed by atoms with Gasteiger partial charge < -0.3 is 9.64 Å². The predicted octanol–water partition coefficient (Wildman–Crippen LogP) is 3.54. The van der Waals surface area contributed by atoms with Crippen molar-refractivity contribution in [2.24, 2.45) is 5.10 Å². The molecule has 134 valence electrons. The van der Waals surface area contributed by atoms with Crippen LogP contribution in [-0.2, 0) is 16.0 Å². The molecule has 1 aromatic heterocycles. The topological polar surface area (TPSA) is 66.8 Å². The minimum Gasteiger partial charge on any atom is -0.466 e. The Kier molecular flexibility index (Phi) is 7.40. The fourth-order valence-corrected chi connectivity index (χ4v) is 2.98. The first-order chi connectivity index (χ1) is 12.2. The summed E-state index contributed by atoms with van der Waals surface area (Å²) in [4.78, 5) is 18.0. The second kappa shape index (κ2) is 9.78. The Bertz CT molecular complexity index is 693. The molecule has 0 saturated heterocycles. The highest BCUT2D eigenvalue weighted by Crippen LogP contribution is 2.17. The summed E-state index contributed by atoms with van der Waals surface area (Å²) in [6, 6.07) is 8.25. The first kappa shape index (κ1) is 18.9. The first-order valence-electron chi connectivity index (χ1n) is 8.40. The molecule has 0 aliphatic heterocycles. The number of ether oxygens (including phenoxy) is 1. The Morgan fingerprint density at radius 2 is 2.00 bits per heavy atom. The van der Waals surface area contributed by atoms with E-state index in [4.69, 9.17) is 4.74 Å². The minimum atomic E-state index is -0.267. The van der Waals surface area contributed by atoms with Crippen LogP contribution in [0.4, 0.5) is 10.8 Å². The van der Waals surface area contributed by atoms with E-state index in [1.54, 1.807) is 13.1 Å². The largest absolute Gasteiger partial charge is 0.466 e. The van der Waals surface area contributed by atoms with E-state index >= 15 is 0 Å². The number of carbonyl (C=O) groups excluding carboxylic acids is 1. The van der Waals surface area contributed by atoms with E-state index in [0.717, 1.165) is 18.7 Å². The zero-order valence-electron chi connectivity index (χ0n) is 14.9. The van der Waals surface area contributed by atoms with E-state index in [-0.39, 0.29) is 12.4 Å². The predicted molar refractivity (Wildman–Crippen MR) is 104 cm³/mol. The average molecular weight is 360 g/mol. The number of nitrogens with zero attached hydrogens (tertiary/aromatic N) is 3. The number of benzene rings is 1. The first-order valence-corrected chi connectivity index (χ1v) is 9.28. The monoisotopic (exact) mass is 360 g/mol. The van der Waals surface area contributed by atoms with Gasteiger partial charge in [0.1, 0.15) is 0 Å². The molecule has 0 aliphatic carbocycles. The maximum atomic E-state index is 11.4. The van der Waals surface area contributed by atoms with E-state index in [0.29, 0.717) is 17.4 Å². The SMILES string of the molecule is CCOC(=O)Cc1csc(N/N=C\c2ccc(N(CC)CC)cc2)n1. The van der Waals surface area contributed by atoms with Crippen LogP contribution in [0.1, 0.15) is 32.0 Å². The molecule has 0 saturated carbocycles. The lowest BCUT2D eigenvalue weighted by molar-refractivity contribution is -0.142. The second-order valence-electron chi connectivity index (χ2n) is 5.26. The quantitative estimate of drug-likeness (QED) is 0.421. The molecular weight excluding hydrogens is 336 g/mol. The van der Waals surface area contributed by atoms with E-state index in [1.165, 1.54) is 17.0 Å². The van der Waals surface area contributed by atoms with Crippen molar-refractivity contribution in [1.29, 1.82) is 0 Å². The van der Waals surface area contributed by atoms with Gasteiger partial charge in [-0.3, -0.25) is 10.2 Å². The minimum absolute atomic E-state index is 0.183. The maximum Gasteiger partial charge on any atom is 0.311 e. The van der Waals surface area contributed by atoms with Gasteiger partial charge in [-0.25, -0.2) is 4.98 Å². The van der Waals surface area contributed by atoms with Crippen molar-refractivity contribution >= 4 is 34.3 Å². The van der Waals surface area contributed by atoms with Crippen LogP contribution in [0.15, 0.2) is 34.7 Å². The number of carbonyl (C=O) groups is 1. The standard InChI is InChI=1S/C18H24N4O2S/c1-4-22(5-2)16-9-7-14(8-10-16)12-19-21-18-20-15(13-25-18)11-17(23)24-6-3/h7-10,12-13H,4-6,11H2,1-3H3,(H,20,21)/b19-12-. The Labute approximate surface area is 152 Å². The number of aromatic nitrogens is 1. The Hall–Kier alpha value is -2.41. The van der Waals surface area contributed by atoms with Crippen LogP contribution >= 0.6 is 11.3 Å². The van der Waals surface area contributed by atoms with Gasteiger partial charge in [-0.2, -0.15) is 5.10 Å². The molecule has 0 atom stereocenters. The molecule has 0 bridgehead atoms.